The molecule has 146 valence electrons. The Labute approximate surface area is 173 Å². The Kier molecular flexibility index (Phi) is 5.81. The number of carbonyl (C=O) groups is 1. The summed E-state index contributed by atoms with van der Waals surface area (Å²) in [5.41, 5.74) is 2.92. The third-order valence-corrected chi connectivity index (χ3v) is 5.69. The maximum absolute atomic E-state index is 13.4. The molecule has 6 heteroatoms. The number of hydrogen-bond donors (Lipinski definition) is 0. The van der Waals surface area contributed by atoms with Gasteiger partial charge in [-0.05, 0) is 36.2 Å². The number of thiazole rings is 1. The lowest BCUT2D eigenvalue weighted by Gasteiger charge is -2.21. The summed E-state index contributed by atoms with van der Waals surface area (Å²) in [6.07, 6.45) is 5.85. The third-order valence-electron chi connectivity index (χ3n) is 4.54. The molecular weight excluding hydrogens is 382 g/mol. The van der Waals surface area contributed by atoms with E-state index in [9.17, 15) is 4.79 Å². The molecule has 0 aliphatic carbocycles. The number of pyridine rings is 1. The molecule has 0 spiro atoms. The van der Waals surface area contributed by atoms with Crippen LogP contribution in [0.2, 0.25) is 0 Å². The molecular formula is C23H21N3O2S. The Hall–Kier alpha value is -3.25. The van der Waals surface area contributed by atoms with Gasteiger partial charge in [-0.3, -0.25) is 9.78 Å². The van der Waals surface area contributed by atoms with Crippen LogP contribution in [0.4, 0.5) is 0 Å². The lowest BCUT2D eigenvalue weighted by atomic mass is 10.2. The first-order valence-electron chi connectivity index (χ1n) is 9.40. The molecule has 0 aliphatic heterocycles. The quantitative estimate of drug-likeness (QED) is 0.442. The standard InChI is InChI=1S/C23H21N3O2S/c1-17-22(29-21(25-17)13-18-7-3-2-4-8-18)23(27)26(16-20-10-6-12-28-20)15-19-9-5-11-24-14-19/h2-12,14H,13,15-16H2,1H3. The molecule has 0 bridgehead atoms. The average Bonchev–Trinajstić information content (AvgIpc) is 3.38. The first-order chi connectivity index (χ1) is 14.2. The van der Waals surface area contributed by atoms with Crippen LogP contribution in [-0.2, 0) is 19.5 Å². The number of amides is 1. The van der Waals surface area contributed by atoms with Gasteiger partial charge in [-0.25, -0.2) is 4.98 Å². The molecule has 0 saturated carbocycles. The van der Waals surface area contributed by atoms with Crippen molar-refractivity contribution in [2.45, 2.75) is 26.4 Å². The van der Waals surface area contributed by atoms with Crippen molar-refractivity contribution in [2.75, 3.05) is 0 Å². The van der Waals surface area contributed by atoms with Gasteiger partial charge in [0.25, 0.3) is 5.91 Å². The maximum atomic E-state index is 13.4. The van der Waals surface area contributed by atoms with Crippen LogP contribution >= 0.6 is 11.3 Å². The molecule has 3 aromatic heterocycles. The van der Waals surface area contributed by atoms with Crippen LogP contribution in [0, 0.1) is 6.92 Å². The van der Waals surface area contributed by atoms with E-state index in [2.05, 4.69) is 22.1 Å². The molecule has 1 aromatic carbocycles. The molecule has 0 unspecified atom stereocenters. The summed E-state index contributed by atoms with van der Waals surface area (Å²) < 4.78 is 5.48. The van der Waals surface area contributed by atoms with Crippen molar-refractivity contribution in [2.24, 2.45) is 0 Å². The fourth-order valence-electron chi connectivity index (χ4n) is 3.14. The summed E-state index contributed by atoms with van der Waals surface area (Å²) >= 11 is 1.47. The van der Waals surface area contributed by atoms with E-state index in [0.717, 1.165) is 28.4 Å². The maximum Gasteiger partial charge on any atom is 0.266 e. The van der Waals surface area contributed by atoms with Gasteiger partial charge in [0, 0.05) is 25.4 Å². The Bertz CT molecular complexity index is 1060. The topological polar surface area (TPSA) is 59.2 Å². The zero-order valence-corrected chi connectivity index (χ0v) is 16.9. The number of carbonyl (C=O) groups excluding carboxylic acids is 1. The van der Waals surface area contributed by atoms with Crippen molar-refractivity contribution in [3.63, 3.8) is 0 Å². The van der Waals surface area contributed by atoms with Crippen molar-refractivity contribution < 1.29 is 9.21 Å². The number of benzene rings is 1. The SMILES string of the molecule is Cc1nc(Cc2ccccc2)sc1C(=O)N(Cc1cccnc1)Cc1ccco1. The largest absolute Gasteiger partial charge is 0.467 e. The van der Waals surface area contributed by atoms with Gasteiger partial charge in [0.05, 0.1) is 23.5 Å². The Morgan fingerprint density at radius 1 is 1.03 bits per heavy atom. The molecule has 4 aromatic rings. The first-order valence-corrected chi connectivity index (χ1v) is 10.2. The predicted molar refractivity (Wildman–Crippen MR) is 113 cm³/mol. The van der Waals surface area contributed by atoms with E-state index in [1.807, 2.05) is 49.4 Å². The van der Waals surface area contributed by atoms with E-state index in [0.29, 0.717) is 18.0 Å². The minimum absolute atomic E-state index is 0.0421. The van der Waals surface area contributed by atoms with E-state index in [-0.39, 0.29) is 5.91 Å². The number of nitrogens with zero attached hydrogens (tertiary/aromatic N) is 3. The van der Waals surface area contributed by atoms with E-state index in [4.69, 9.17) is 4.42 Å². The van der Waals surface area contributed by atoms with Crippen molar-refractivity contribution in [1.29, 1.82) is 0 Å². The molecule has 0 aliphatic rings. The molecule has 0 saturated heterocycles. The summed E-state index contributed by atoms with van der Waals surface area (Å²) in [6.45, 7) is 2.75. The second-order valence-electron chi connectivity index (χ2n) is 6.79. The zero-order chi connectivity index (χ0) is 20.1. The zero-order valence-electron chi connectivity index (χ0n) is 16.1. The van der Waals surface area contributed by atoms with Gasteiger partial charge in [-0.15, -0.1) is 11.3 Å². The minimum Gasteiger partial charge on any atom is -0.467 e. The fraction of sp³-hybridized carbons (Fsp3) is 0.174. The van der Waals surface area contributed by atoms with E-state index >= 15 is 0 Å². The molecule has 0 radical (unpaired) electrons. The second-order valence-corrected chi connectivity index (χ2v) is 7.87. The summed E-state index contributed by atoms with van der Waals surface area (Å²) in [5.74, 6) is 0.702. The van der Waals surface area contributed by atoms with Crippen molar-refractivity contribution >= 4 is 17.2 Å². The van der Waals surface area contributed by atoms with Gasteiger partial charge in [0.1, 0.15) is 10.6 Å². The number of furan rings is 1. The highest BCUT2D eigenvalue weighted by Gasteiger charge is 2.23. The normalized spacial score (nSPS) is 10.8. The number of hydrogen-bond acceptors (Lipinski definition) is 5. The van der Waals surface area contributed by atoms with Gasteiger partial charge in [0.2, 0.25) is 0 Å². The average molecular weight is 404 g/mol. The first kappa shape index (κ1) is 19.1. The molecule has 0 atom stereocenters. The Balaban J connectivity index is 1.58. The van der Waals surface area contributed by atoms with Gasteiger partial charge in [-0.1, -0.05) is 36.4 Å². The summed E-state index contributed by atoms with van der Waals surface area (Å²) in [6, 6.07) is 17.7. The fourth-order valence-corrected chi connectivity index (χ4v) is 4.21. The highest BCUT2D eigenvalue weighted by molar-refractivity contribution is 7.13. The Morgan fingerprint density at radius 3 is 2.59 bits per heavy atom. The highest BCUT2D eigenvalue weighted by atomic mass is 32.1. The van der Waals surface area contributed by atoms with E-state index in [1.165, 1.54) is 16.9 Å². The lowest BCUT2D eigenvalue weighted by molar-refractivity contribution is 0.0721. The van der Waals surface area contributed by atoms with E-state index < -0.39 is 0 Å². The monoisotopic (exact) mass is 403 g/mol. The van der Waals surface area contributed by atoms with Crippen molar-refractivity contribution in [3.8, 4) is 0 Å². The van der Waals surface area contributed by atoms with Crippen LogP contribution in [-0.4, -0.2) is 20.8 Å². The van der Waals surface area contributed by atoms with E-state index in [1.54, 1.807) is 23.6 Å². The van der Waals surface area contributed by atoms with Crippen LogP contribution in [0.5, 0.6) is 0 Å². The third kappa shape index (κ3) is 4.78. The van der Waals surface area contributed by atoms with Crippen molar-refractivity contribution in [3.05, 3.63) is 106 Å². The Morgan fingerprint density at radius 2 is 1.86 bits per heavy atom. The highest BCUT2D eigenvalue weighted by Crippen LogP contribution is 2.24. The van der Waals surface area contributed by atoms with Crippen molar-refractivity contribution in [1.82, 2.24) is 14.9 Å². The molecule has 0 N–H and O–H groups in total. The van der Waals surface area contributed by atoms with Crippen LogP contribution < -0.4 is 0 Å². The van der Waals surface area contributed by atoms with Gasteiger partial charge < -0.3 is 9.32 Å². The van der Waals surface area contributed by atoms with Gasteiger partial charge in [-0.2, -0.15) is 0 Å². The van der Waals surface area contributed by atoms with Crippen LogP contribution in [0.3, 0.4) is 0 Å². The molecule has 3 heterocycles. The molecule has 5 nitrogen and oxygen atoms in total. The van der Waals surface area contributed by atoms with Gasteiger partial charge in [0.15, 0.2) is 0 Å². The number of aromatic nitrogens is 2. The number of rotatable bonds is 7. The van der Waals surface area contributed by atoms with Gasteiger partial charge >= 0.3 is 0 Å². The number of aryl methyl sites for hydroxylation is 1. The van der Waals surface area contributed by atoms with Crippen LogP contribution in [0.15, 0.2) is 77.7 Å². The molecule has 0 fully saturated rings. The lowest BCUT2D eigenvalue weighted by Crippen LogP contribution is -2.30. The minimum atomic E-state index is -0.0421. The summed E-state index contributed by atoms with van der Waals surface area (Å²) in [4.78, 5) is 24.7. The summed E-state index contributed by atoms with van der Waals surface area (Å²) in [5, 5.41) is 0.941. The summed E-state index contributed by atoms with van der Waals surface area (Å²) in [7, 11) is 0. The smallest absolute Gasteiger partial charge is 0.266 e. The van der Waals surface area contributed by atoms with Crippen LogP contribution in [0.25, 0.3) is 0 Å². The van der Waals surface area contributed by atoms with Crippen LogP contribution in [0.1, 0.15) is 37.3 Å². The second kappa shape index (κ2) is 8.84. The molecule has 29 heavy (non-hydrogen) atoms. The predicted octanol–water partition coefficient (Wildman–Crippen LogP) is 4.87. The molecule has 1 amide bonds. The molecule has 4 rings (SSSR count).